The maximum atomic E-state index is 13.4. The Bertz CT molecular complexity index is 978. The van der Waals surface area contributed by atoms with Crippen molar-refractivity contribution in [1.82, 2.24) is 10.2 Å². The molecule has 1 saturated carbocycles. The summed E-state index contributed by atoms with van der Waals surface area (Å²) >= 11 is 12.3. The molecule has 0 saturated heterocycles. The summed E-state index contributed by atoms with van der Waals surface area (Å²) in [4.78, 5) is 28.2. The molecule has 2 aromatic rings. The van der Waals surface area contributed by atoms with Gasteiger partial charge in [-0.3, -0.25) is 9.59 Å². The van der Waals surface area contributed by atoms with E-state index in [4.69, 9.17) is 32.7 Å². The van der Waals surface area contributed by atoms with E-state index < -0.39 is 6.04 Å². The Labute approximate surface area is 217 Å². The van der Waals surface area contributed by atoms with Crippen LogP contribution in [0.4, 0.5) is 0 Å². The number of hydrogen-bond acceptors (Lipinski definition) is 4. The number of carbonyl (C=O) groups excluding carboxylic acids is 2. The summed E-state index contributed by atoms with van der Waals surface area (Å²) < 4.78 is 10.9. The summed E-state index contributed by atoms with van der Waals surface area (Å²) in [5, 5.41) is 4.03. The van der Waals surface area contributed by atoms with Gasteiger partial charge in [0.05, 0.1) is 23.8 Å². The molecule has 0 unspecified atom stereocenters. The number of halogens is 2. The molecule has 1 atom stereocenters. The number of methoxy groups -OCH3 is 1. The summed E-state index contributed by atoms with van der Waals surface area (Å²) in [6, 6.07) is 12.3. The minimum Gasteiger partial charge on any atom is -0.497 e. The van der Waals surface area contributed by atoms with Crippen LogP contribution < -0.4 is 14.8 Å². The lowest BCUT2D eigenvalue weighted by molar-refractivity contribution is -0.141. The van der Waals surface area contributed by atoms with Crippen LogP contribution in [-0.4, -0.2) is 42.5 Å². The number of hydrogen-bond donors (Lipinski definition) is 1. The molecular formula is C27H34Cl2N2O4. The molecule has 0 aliphatic heterocycles. The van der Waals surface area contributed by atoms with E-state index >= 15 is 0 Å². The highest BCUT2D eigenvalue weighted by Crippen LogP contribution is 2.25. The molecule has 0 radical (unpaired) electrons. The molecule has 35 heavy (non-hydrogen) atoms. The van der Waals surface area contributed by atoms with Crippen molar-refractivity contribution in [1.29, 1.82) is 0 Å². The molecule has 1 aliphatic carbocycles. The fourth-order valence-electron chi connectivity index (χ4n) is 4.35. The van der Waals surface area contributed by atoms with Crippen LogP contribution in [0, 0.1) is 0 Å². The number of nitrogens with zero attached hydrogens (tertiary/aromatic N) is 1. The van der Waals surface area contributed by atoms with Crippen molar-refractivity contribution >= 4 is 35.0 Å². The van der Waals surface area contributed by atoms with Crippen LogP contribution in [-0.2, 0) is 16.1 Å². The summed E-state index contributed by atoms with van der Waals surface area (Å²) in [7, 11) is 1.61. The number of nitrogens with one attached hydrogen (secondary N) is 1. The van der Waals surface area contributed by atoms with E-state index in [1.165, 1.54) is 0 Å². The van der Waals surface area contributed by atoms with Crippen molar-refractivity contribution in [3.8, 4) is 11.5 Å². The van der Waals surface area contributed by atoms with Gasteiger partial charge < -0.3 is 19.7 Å². The van der Waals surface area contributed by atoms with Gasteiger partial charge in [-0.05, 0) is 67.6 Å². The molecule has 1 N–H and O–H groups in total. The van der Waals surface area contributed by atoms with Gasteiger partial charge in [-0.15, -0.1) is 0 Å². The summed E-state index contributed by atoms with van der Waals surface area (Å²) in [6.45, 7) is 2.61. The second-order valence-electron chi connectivity index (χ2n) is 8.81. The molecule has 2 aromatic carbocycles. The molecule has 1 aliphatic rings. The highest BCUT2D eigenvalue weighted by atomic mass is 35.5. The van der Waals surface area contributed by atoms with E-state index in [0.717, 1.165) is 37.0 Å². The summed E-state index contributed by atoms with van der Waals surface area (Å²) in [5.41, 5.74) is 0.828. The fraction of sp³-hybridized carbons (Fsp3) is 0.481. The predicted molar refractivity (Wildman–Crippen MR) is 139 cm³/mol. The van der Waals surface area contributed by atoms with Gasteiger partial charge in [-0.2, -0.15) is 0 Å². The average molecular weight is 521 g/mol. The fourth-order valence-corrected chi connectivity index (χ4v) is 4.67. The summed E-state index contributed by atoms with van der Waals surface area (Å²) in [5.74, 6) is 1.28. The Morgan fingerprint density at radius 3 is 2.37 bits per heavy atom. The SMILES string of the molecule is CC[C@H](C(=O)NC1CCCC1)N(Cc1ccc(Cl)c(Cl)c1)C(=O)CCCOc1ccc(OC)cc1. The first kappa shape index (κ1) is 27.2. The van der Waals surface area contributed by atoms with Gasteiger partial charge in [-0.1, -0.05) is 49.0 Å². The topological polar surface area (TPSA) is 67.9 Å². The van der Waals surface area contributed by atoms with Crippen molar-refractivity contribution in [2.45, 2.75) is 70.5 Å². The Balaban J connectivity index is 1.65. The average Bonchev–Trinajstić information content (AvgIpc) is 3.37. The zero-order valence-electron chi connectivity index (χ0n) is 20.4. The van der Waals surface area contributed by atoms with E-state index in [0.29, 0.717) is 35.2 Å². The number of carbonyl (C=O) groups is 2. The third-order valence-corrected chi connectivity index (χ3v) is 7.03. The minimum absolute atomic E-state index is 0.0946. The van der Waals surface area contributed by atoms with Gasteiger partial charge in [0.25, 0.3) is 0 Å². The van der Waals surface area contributed by atoms with Crippen LogP contribution in [0.1, 0.15) is 57.4 Å². The predicted octanol–water partition coefficient (Wildman–Crippen LogP) is 6.03. The van der Waals surface area contributed by atoms with Crippen molar-refractivity contribution in [2.75, 3.05) is 13.7 Å². The van der Waals surface area contributed by atoms with Gasteiger partial charge in [-0.25, -0.2) is 0 Å². The van der Waals surface area contributed by atoms with Crippen molar-refractivity contribution < 1.29 is 19.1 Å². The van der Waals surface area contributed by atoms with Gasteiger partial charge in [0.2, 0.25) is 11.8 Å². The van der Waals surface area contributed by atoms with Gasteiger partial charge in [0.15, 0.2) is 0 Å². The lowest BCUT2D eigenvalue weighted by Gasteiger charge is -2.31. The minimum atomic E-state index is -0.555. The lowest BCUT2D eigenvalue weighted by atomic mass is 10.1. The Morgan fingerprint density at radius 1 is 1.06 bits per heavy atom. The number of ether oxygens (including phenoxy) is 2. The van der Waals surface area contributed by atoms with E-state index in [9.17, 15) is 9.59 Å². The zero-order valence-corrected chi connectivity index (χ0v) is 21.9. The maximum absolute atomic E-state index is 13.4. The van der Waals surface area contributed by atoms with Gasteiger partial charge in [0, 0.05) is 19.0 Å². The summed E-state index contributed by atoms with van der Waals surface area (Å²) in [6.07, 6.45) is 5.56. The molecule has 190 valence electrons. The van der Waals surface area contributed by atoms with Crippen LogP contribution in [0.2, 0.25) is 10.0 Å². The Hall–Kier alpha value is -2.44. The smallest absolute Gasteiger partial charge is 0.243 e. The van der Waals surface area contributed by atoms with Crippen LogP contribution >= 0.6 is 23.2 Å². The van der Waals surface area contributed by atoms with Crippen molar-refractivity contribution in [3.63, 3.8) is 0 Å². The van der Waals surface area contributed by atoms with Gasteiger partial charge in [0.1, 0.15) is 17.5 Å². The lowest BCUT2D eigenvalue weighted by Crippen LogP contribution is -2.50. The highest BCUT2D eigenvalue weighted by molar-refractivity contribution is 6.42. The highest BCUT2D eigenvalue weighted by Gasteiger charge is 2.30. The molecule has 6 nitrogen and oxygen atoms in total. The van der Waals surface area contributed by atoms with E-state index in [2.05, 4.69) is 5.32 Å². The first-order valence-electron chi connectivity index (χ1n) is 12.2. The third kappa shape index (κ3) is 8.04. The quantitative estimate of drug-likeness (QED) is 0.347. The third-order valence-electron chi connectivity index (χ3n) is 6.29. The normalized spacial score (nSPS) is 14.4. The Morgan fingerprint density at radius 2 is 1.74 bits per heavy atom. The van der Waals surface area contributed by atoms with Crippen LogP contribution in [0.25, 0.3) is 0 Å². The number of amides is 2. The standard InChI is InChI=1S/C27H34Cl2N2O4/c1-3-25(27(33)30-20-7-4-5-8-20)31(18-19-10-15-23(28)24(29)17-19)26(32)9-6-16-35-22-13-11-21(34-2)12-14-22/h10-15,17,20,25H,3-9,16,18H2,1-2H3,(H,30,33)/t25-/m1/s1. The molecule has 2 amide bonds. The molecular weight excluding hydrogens is 487 g/mol. The van der Waals surface area contributed by atoms with Crippen LogP contribution in [0.15, 0.2) is 42.5 Å². The van der Waals surface area contributed by atoms with E-state index in [-0.39, 0.29) is 30.8 Å². The Kier molecular flexibility index (Phi) is 10.5. The first-order valence-corrected chi connectivity index (χ1v) is 13.0. The number of benzene rings is 2. The molecule has 8 heteroatoms. The molecule has 1 fully saturated rings. The molecule has 0 aromatic heterocycles. The van der Waals surface area contributed by atoms with Crippen LogP contribution in [0.3, 0.4) is 0 Å². The van der Waals surface area contributed by atoms with Crippen LogP contribution in [0.5, 0.6) is 11.5 Å². The first-order chi connectivity index (χ1) is 16.9. The zero-order chi connectivity index (χ0) is 25.2. The van der Waals surface area contributed by atoms with Crippen molar-refractivity contribution in [2.24, 2.45) is 0 Å². The molecule has 0 heterocycles. The molecule has 0 spiro atoms. The second-order valence-corrected chi connectivity index (χ2v) is 9.63. The largest absolute Gasteiger partial charge is 0.497 e. The van der Waals surface area contributed by atoms with E-state index in [1.807, 2.05) is 37.3 Å². The maximum Gasteiger partial charge on any atom is 0.243 e. The van der Waals surface area contributed by atoms with E-state index in [1.54, 1.807) is 24.1 Å². The monoisotopic (exact) mass is 520 g/mol. The van der Waals surface area contributed by atoms with Gasteiger partial charge >= 0.3 is 0 Å². The molecule has 3 rings (SSSR count). The number of rotatable bonds is 12. The van der Waals surface area contributed by atoms with Crippen molar-refractivity contribution in [3.05, 3.63) is 58.1 Å². The second kappa shape index (κ2) is 13.6. The molecule has 0 bridgehead atoms.